The molecule has 0 aliphatic carbocycles. The summed E-state index contributed by atoms with van der Waals surface area (Å²) in [5.41, 5.74) is 2.44. The Morgan fingerprint density at radius 1 is 1.33 bits per heavy atom. The van der Waals surface area contributed by atoms with E-state index in [1.807, 2.05) is 51.0 Å². The van der Waals surface area contributed by atoms with E-state index >= 15 is 0 Å². The number of rotatable bonds is 3. The van der Waals surface area contributed by atoms with Crippen LogP contribution in [0.4, 0.5) is 16.3 Å². The van der Waals surface area contributed by atoms with Gasteiger partial charge in [0, 0.05) is 32.4 Å². The number of urea groups is 1. The van der Waals surface area contributed by atoms with Crippen molar-refractivity contribution in [3.63, 3.8) is 0 Å². The van der Waals surface area contributed by atoms with Gasteiger partial charge in [-0.1, -0.05) is 5.16 Å². The number of likely N-dealkylation sites (tertiary alicyclic amines) is 1. The van der Waals surface area contributed by atoms with Crippen molar-refractivity contribution in [3.05, 3.63) is 35.3 Å². The number of aromatic nitrogens is 2. The Bertz CT molecular complexity index is 740. The lowest BCUT2D eigenvalue weighted by Gasteiger charge is -2.24. The quantitative estimate of drug-likeness (QED) is 0.936. The molecule has 1 saturated heterocycles. The van der Waals surface area contributed by atoms with E-state index in [0.717, 1.165) is 35.8 Å². The molecule has 0 spiro atoms. The number of anilines is 2. The molecule has 0 aromatic carbocycles. The third kappa shape index (κ3) is 3.20. The molecule has 24 heavy (non-hydrogen) atoms. The van der Waals surface area contributed by atoms with Crippen molar-refractivity contribution in [1.29, 1.82) is 0 Å². The number of nitrogens with zero attached hydrogens (tertiary/aromatic N) is 4. The zero-order chi connectivity index (χ0) is 17.3. The van der Waals surface area contributed by atoms with Crippen molar-refractivity contribution in [2.45, 2.75) is 32.7 Å². The first-order valence-electron chi connectivity index (χ1n) is 8.11. The molecule has 2 aromatic rings. The molecule has 0 bridgehead atoms. The van der Waals surface area contributed by atoms with Crippen molar-refractivity contribution in [2.75, 3.05) is 30.9 Å². The maximum absolute atomic E-state index is 12.8. The van der Waals surface area contributed by atoms with Gasteiger partial charge in [0.25, 0.3) is 0 Å². The fraction of sp³-hybridized carbons (Fsp3) is 0.471. The van der Waals surface area contributed by atoms with E-state index in [2.05, 4.69) is 15.5 Å². The van der Waals surface area contributed by atoms with Gasteiger partial charge in [-0.15, -0.1) is 0 Å². The van der Waals surface area contributed by atoms with Gasteiger partial charge in [0.15, 0.2) is 11.6 Å². The number of amides is 2. The first-order chi connectivity index (χ1) is 11.5. The SMILES string of the molecule is Cc1cc(C2CCCN2C(=O)Nc2ccc(C)nc2N(C)C)on1. The summed E-state index contributed by atoms with van der Waals surface area (Å²) in [6.07, 6.45) is 1.83. The van der Waals surface area contributed by atoms with Crippen LogP contribution in [0.2, 0.25) is 0 Å². The van der Waals surface area contributed by atoms with Crippen molar-refractivity contribution in [1.82, 2.24) is 15.0 Å². The minimum Gasteiger partial charge on any atom is -0.361 e. The van der Waals surface area contributed by atoms with Crippen molar-refractivity contribution < 1.29 is 9.32 Å². The molecular weight excluding hydrogens is 306 g/mol. The molecule has 2 aromatic heterocycles. The number of carbonyl (C=O) groups excluding carboxylic acids is 1. The third-order valence-corrected chi connectivity index (χ3v) is 4.17. The standard InChI is InChI=1S/C17H23N5O2/c1-11-7-8-13(16(18-11)21(3)4)19-17(23)22-9-5-6-14(22)15-10-12(2)20-24-15/h7-8,10,14H,5-6,9H2,1-4H3,(H,19,23). The fourth-order valence-electron chi connectivity index (χ4n) is 3.01. The van der Waals surface area contributed by atoms with Gasteiger partial charge in [-0.3, -0.25) is 0 Å². The minimum atomic E-state index is -0.139. The van der Waals surface area contributed by atoms with Crippen LogP contribution < -0.4 is 10.2 Å². The summed E-state index contributed by atoms with van der Waals surface area (Å²) in [4.78, 5) is 21.0. The number of hydrogen-bond donors (Lipinski definition) is 1. The predicted octanol–water partition coefficient (Wildman–Crippen LogP) is 3.12. The van der Waals surface area contributed by atoms with E-state index in [9.17, 15) is 4.79 Å². The predicted molar refractivity (Wildman–Crippen MR) is 92.2 cm³/mol. The topological polar surface area (TPSA) is 74.5 Å². The second-order valence-electron chi connectivity index (χ2n) is 6.37. The molecule has 7 heteroatoms. The Morgan fingerprint density at radius 3 is 2.79 bits per heavy atom. The van der Waals surface area contributed by atoms with Gasteiger partial charge < -0.3 is 19.6 Å². The van der Waals surface area contributed by atoms with Gasteiger partial charge >= 0.3 is 6.03 Å². The van der Waals surface area contributed by atoms with E-state index in [0.29, 0.717) is 12.2 Å². The average molecular weight is 329 g/mol. The van der Waals surface area contributed by atoms with Crippen LogP contribution in [0.25, 0.3) is 0 Å². The summed E-state index contributed by atoms with van der Waals surface area (Å²) in [7, 11) is 3.82. The summed E-state index contributed by atoms with van der Waals surface area (Å²) >= 11 is 0. The van der Waals surface area contributed by atoms with Gasteiger partial charge in [0.1, 0.15) is 0 Å². The molecule has 7 nitrogen and oxygen atoms in total. The molecule has 1 fully saturated rings. The molecule has 2 amide bonds. The number of aryl methyl sites for hydroxylation is 2. The summed E-state index contributed by atoms with van der Waals surface area (Å²) in [6.45, 7) is 4.52. The smallest absolute Gasteiger partial charge is 0.322 e. The second kappa shape index (κ2) is 6.51. The summed E-state index contributed by atoms with van der Waals surface area (Å²) in [5, 5.41) is 6.92. The van der Waals surface area contributed by atoms with Crippen LogP contribution in [0, 0.1) is 13.8 Å². The Morgan fingerprint density at radius 2 is 2.12 bits per heavy atom. The number of carbonyl (C=O) groups is 1. The zero-order valence-corrected chi connectivity index (χ0v) is 14.5. The summed E-state index contributed by atoms with van der Waals surface area (Å²) < 4.78 is 5.36. The highest BCUT2D eigenvalue weighted by Gasteiger charge is 2.33. The molecule has 1 aliphatic heterocycles. The van der Waals surface area contributed by atoms with Gasteiger partial charge in [0.2, 0.25) is 0 Å². The van der Waals surface area contributed by atoms with Gasteiger partial charge in [0.05, 0.1) is 17.4 Å². The van der Waals surface area contributed by atoms with Gasteiger partial charge in [-0.25, -0.2) is 9.78 Å². The minimum absolute atomic E-state index is 0.0626. The molecule has 128 valence electrons. The maximum atomic E-state index is 12.8. The Labute approximate surface area is 141 Å². The maximum Gasteiger partial charge on any atom is 0.322 e. The van der Waals surface area contributed by atoms with Crippen LogP contribution >= 0.6 is 0 Å². The molecule has 1 atom stereocenters. The van der Waals surface area contributed by atoms with Crippen molar-refractivity contribution >= 4 is 17.5 Å². The first kappa shape index (κ1) is 16.3. The van der Waals surface area contributed by atoms with Crippen molar-refractivity contribution in [2.24, 2.45) is 0 Å². The average Bonchev–Trinajstić information content (AvgIpc) is 3.17. The lowest BCUT2D eigenvalue weighted by atomic mass is 10.1. The zero-order valence-electron chi connectivity index (χ0n) is 14.5. The summed E-state index contributed by atoms with van der Waals surface area (Å²) in [5.74, 6) is 1.49. The van der Waals surface area contributed by atoms with Crippen LogP contribution in [0.1, 0.15) is 36.0 Å². The van der Waals surface area contributed by atoms with Crippen LogP contribution in [0.3, 0.4) is 0 Å². The van der Waals surface area contributed by atoms with Crippen LogP contribution in [0.5, 0.6) is 0 Å². The van der Waals surface area contributed by atoms with Crippen LogP contribution in [-0.4, -0.2) is 41.7 Å². The molecular formula is C17H23N5O2. The molecule has 3 heterocycles. The van der Waals surface area contributed by atoms with E-state index in [1.165, 1.54) is 0 Å². The Hall–Kier alpha value is -2.57. The lowest BCUT2D eigenvalue weighted by Crippen LogP contribution is -2.34. The van der Waals surface area contributed by atoms with Crippen LogP contribution in [0.15, 0.2) is 22.7 Å². The lowest BCUT2D eigenvalue weighted by molar-refractivity contribution is 0.195. The Balaban J connectivity index is 1.79. The fourth-order valence-corrected chi connectivity index (χ4v) is 3.01. The highest BCUT2D eigenvalue weighted by molar-refractivity contribution is 5.92. The number of pyridine rings is 1. The highest BCUT2D eigenvalue weighted by atomic mass is 16.5. The first-order valence-corrected chi connectivity index (χ1v) is 8.11. The van der Waals surface area contributed by atoms with E-state index in [1.54, 1.807) is 4.90 Å². The molecule has 1 unspecified atom stereocenters. The summed E-state index contributed by atoms with van der Waals surface area (Å²) in [6, 6.07) is 5.48. The molecule has 3 rings (SSSR count). The van der Waals surface area contributed by atoms with E-state index < -0.39 is 0 Å². The third-order valence-electron chi connectivity index (χ3n) is 4.17. The monoisotopic (exact) mass is 329 g/mol. The largest absolute Gasteiger partial charge is 0.361 e. The normalized spacial score (nSPS) is 17.2. The van der Waals surface area contributed by atoms with Crippen molar-refractivity contribution in [3.8, 4) is 0 Å². The highest BCUT2D eigenvalue weighted by Crippen LogP contribution is 2.33. The van der Waals surface area contributed by atoms with Gasteiger partial charge in [-0.05, 0) is 38.8 Å². The van der Waals surface area contributed by atoms with Gasteiger partial charge in [-0.2, -0.15) is 0 Å². The number of hydrogen-bond acceptors (Lipinski definition) is 5. The molecule has 0 radical (unpaired) electrons. The Kier molecular flexibility index (Phi) is 4.42. The molecule has 1 N–H and O–H groups in total. The second-order valence-corrected chi connectivity index (χ2v) is 6.37. The number of nitrogens with one attached hydrogen (secondary N) is 1. The van der Waals surface area contributed by atoms with E-state index in [-0.39, 0.29) is 12.1 Å². The van der Waals surface area contributed by atoms with E-state index in [4.69, 9.17) is 4.52 Å². The van der Waals surface area contributed by atoms with Crippen LogP contribution in [-0.2, 0) is 0 Å². The molecule has 1 aliphatic rings. The molecule has 0 saturated carbocycles.